The highest BCUT2D eigenvalue weighted by molar-refractivity contribution is 8.01. The van der Waals surface area contributed by atoms with E-state index < -0.39 is 48.7 Å². The van der Waals surface area contributed by atoms with Crippen molar-refractivity contribution >= 4 is 33.5 Å². The Bertz CT molecular complexity index is 673. The van der Waals surface area contributed by atoms with Gasteiger partial charge in [0.25, 0.3) is 5.91 Å². The quantitative estimate of drug-likeness (QED) is 0.697. The summed E-state index contributed by atoms with van der Waals surface area (Å²) < 4.78 is 23.2. The lowest BCUT2D eigenvalue weighted by Crippen LogP contribution is -2.76. The molecule has 116 valence electrons. The molecule has 2 fully saturated rings. The first kappa shape index (κ1) is 14.8. The zero-order valence-electron chi connectivity index (χ0n) is 11.7. The number of fused-ring (bicyclic) bond motifs is 2. The average molecular weight is 333 g/mol. The van der Waals surface area contributed by atoms with E-state index in [9.17, 15) is 23.1 Å². The molecule has 0 unspecified atom stereocenters. The summed E-state index contributed by atoms with van der Waals surface area (Å²) in [5.74, 6) is -1.64. The maximum Gasteiger partial charge on any atom is 0.327 e. The molecule has 8 nitrogen and oxygen atoms in total. The Morgan fingerprint density at radius 2 is 2.10 bits per heavy atom. The minimum Gasteiger partial charge on any atom is -0.480 e. The summed E-state index contributed by atoms with van der Waals surface area (Å²) in [7, 11) is -3.51. The lowest BCUT2D eigenvalue weighted by Gasteiger charge is -2.50. The number of β-lactam (4-membered cyclic amide) rings is 1. The van der Waals surface area contributed by atoms with E-state index >= 15 is 0 Å². The van der Waals surface area contributed by atoms with Gasteiger partial charge in [0.2, 0.25) is 5.54 Å². The molecular formula is C11H15N3O5S2. The number of hydrogen-bond donors (Lipinski definition) is 1. The number of nitrogens with zero attached hydrogens (tertiary/aromatic N) is 3. The molecule has 1 spiro atoms. The monoisotopic (exact) mass is 333 g/mol. The molecule has 3 aliphatic rings. The van der Waals surface area contributed by atoms with E-state index in [4.69, 9.17) is 0 Å². The standard InChI is InChI=1S/C11H15N3O5S2/c1-10(2)6(7(15)16)14-8(17)11(9(14)20-10)5(4-12-13-11)21(3,18)19/h5-6,9H,4H2,1-3H3,(H,15,16)/t5-,6-,9+,11-/m0/s1. The van der Waals surface area contributed by atoms with Crippen molar-refractivity contribution in [1.82, 2.24) is 4.90 Å². The van der Waals surface area contributed by atoms with Crippen molar-refractivity contribution in [2.24, 2.45) is 10.2 Å². The van der Waals surface area contributed by atoms with E-state index in [0.717, 1.165) is 6.26 Å². The summed E-state index contributed by atoms with van der Waals surface area (Å²) in [5, 5.41) is 15.5. The number of carbonyl (C=O) groups excluding carboxylic acids is 1. The van der Waals surface area contributed by atoms with Gasteiger partial charge in [0.05, 0.1) is 6.54 Å². The Kier molecular flexibility index (Phi) is 2.79. The molecule has 0 aromatic heterocycles. The summed E-state index contributed by atoms with van der Waals surface area (Å²) in [6, 6.07) is -0.985. The average Bonchev–Trinajstić information content (AvgIpc) is 2.87. The van der Waals surface area contributed by atoms with Crippen LogP contribution in [0.5, 0.6) is 0 Å². The van der Waals surface area contributed by atoms with Gasteiger partial charge in [0.1, 0.15) is 16.7 Å². The number of sulfone groups is 1. The van der Waals surface area contributed by atoms with Crippen LogP contribution in [-0.4, -0.2) is 70.1 Å². The van der Waals surface area contributed by atoms with Gasteiger partial charge in [-0.15, -0.1) is 11.8 Å². The molecule has 1 N–H and O–H groups in total. The molecule has 4 atom stereocenters. The van der Waals surface area contributed by atoms with Gasteiger partial charge in [0, 0.05) is 11.0 Å². The first-order chi connectivity index (χ1) is 9.53. The number of thioether (sulfide) groups is 1. The number of azo groups is 1. The smallest absolute Gasteiger partial charge is 0.327 e. The zero-order chi connectivity index (χ0) is 15.8. The summed E-state index contributed by atoms with van der Waals surface area (Å²) in [6.07, 6.45) is 1.06. The summed E-state index contributed by atoms with van der Waals surface area (Å²) >= 11 is 1.28. The van der Waals surface area contributed by atoms with Crippen LogP contribution in [0.3, 0.4) is 0 Å². The van der Waals surface area contributed by atoms with Gasteiger partial charge >= 0.3 is 5.97 Å². The molecule has 10 heteroatoms. The Labute approximate surface area is 125 Å². The van der Waals surface area contributed by atoms with Crippen molar-refractivity contribution in [2.45, 2.75) is 40.8 Å². The van der Waals surface area contributed by atoms with E-state index in [1.54, 1.807) is 13.8 Å². The summed E-state index contributed by atoms with van der Waals surface area (Å²) in [6.45, 7) is 3.42. The largest absolute Gasteiger partial charge is 0.480 e. The van der Waals surface area contributed by atoms with Gasteiger partial charge in [-0.05, 0) is 13.8 Å². The topological polar surface area (TPSA) is 116 Å². The number of hydrogen-bond acceptors (Lipinski definition) is 7. The van der Waals surface area contributed by atoms with Crippen molar-refractivity contribution in [3.05, 3.63) is 0 Å². The fraction of sp³-hybridized carbons (Fsp3) is 0.818. The van der Waals surface area contributed by atoms with Crippen molar-refractivity contribution in [3.63, 3.8) is 0 Å². The third-order valence-corrected chi connectivity index (χ3v) is 7.47. The third kappa shape index (κ3) is 1.65. The Balaban J connectivity index is 2.06. The van der Waals surface area contributed by atoms with Gasteiger partial charge in [-0.25, -0.2) is 13.2 Å². The van der Waals surface area contributed by atoms with Crippen LogP contribution in [0.4, 0.5) is 0 Å². The highest BCUT2D eigenvalue weighted by Crippen LogP contribution is 2.59. The van der Waals surface area contributed by atoms with Crippen molar-refractivity contribution in [2.75, 3.05) is 12.8 Å². The van der Waals surface area contributed by atoms with E-state index in [1.807, 2.05) is 0 Å². The van der Waals surface area contributed by atoms with Gasteiger partial charge in [0.15, 0.2) is 9.84 Å². The van der Waals surface area contributed by atoms with Crippen LogP contribution >= 0.6 is 11.8 Å². The van der Waals surface area contributed by atoms with E-state index in [1.165, 1.54) is 16.7 Å². The predicted molar refractivity (Wildman–Crippen MR) is 74.8 cm³/mol. The molecule has 2 saturated heterocycles. The highest BCUT2D eigenvalue weighted by Gasteiger charge is 2.77. The van der Waals surface area contributed by atoms with Gasteiger partial charge in [-0.1, -0.05) is 0 Å². The number of carbonyl (C=O) groups is 2. The van der Waals surface area contributed by atoms with E-state index in [0.29, 0.717) is 0 Å². The number of aliphatic carboxylic acids is 1. The van der Waals surface area contributed by atoms with Crippen LogP contribution in [0.1, 0.15) is 13.8 Å². The van der Waals surface area contributed by atoms with E-state index in [-0.39, 0.29) is 6.54 Å². The second-order valence-corrected chi connectivity index (χ2v) is 10.1. The Morgan fingerprint density at radius 3 is 2.62 bits per heavy atom. The van der Waals surface area contributed by atoms with E-state index in [2.05, 4.69) is 10.2 Å². The zero-order valence-corrected chi connectivity index (χ0v) is 13.3. The van der Waals surface area contributed by atoms with Crippen LogP contribution in [0, 0.1) is 0 Å². The molecule has 3 rings (SSSR count). The molecule has 3 heterocycles. The lowest BCUT2D eigenvalue weighted by atomic mass is 9.83. The molecule has 0 radical (unpaired) electrons. The number of carboxylic acid groups (broad SMARTS) is 1. The fourth-order valence-corrected chi connectivity index (χ4v) is 6.45. The summed E-state index contributed by atoms with van der Waals surface area (Å²) in [4.78, 5) is 25.3. The van der Waals surface area contributed by atoms with Crippen LogP contribution in [-0.2, 0) is 19.4 Å². The molecular weight excluding hydrogens is 318 g/mol. The van der Waals surface area contributed by atoms with Crippen molar-refractivity contribution < 1.29 is 23.1 Å². The fourth-order valence-electron chi connectivity index (χ4n) is 3.35. The van der Waals surface area contributed by atoms with Crippen LogP contribution in [0.2, 0.25) is 0 Å². The van der Waals surface area contributed by atoms with Crippen LogP contribution in [0.25, 0.3) is 0 Å². The van der Waals surface area contributed by atoms with Crippen molar-refractivity contribution in [1.29, 1.82) is 0 Å². The maximum absolute atomic E-state index is 12.6. The van der Waals surface area contributed by atoms with Crippen molar-refractivity contribution in [3.8, 4) is 0 Å². The van der Waals surface area contributed by atoms with Gasteiger partial charge in [-0.3, -0.25) is 4.79 Å². The number of carboxylic acids is 1. The van der Waals surface area contributed by atoms with Gasteiger partial charge < -0.3 is 10.0 Å². The number of rotatable bonds is 2. The first-order valence-corrected chi connectivity index (χ1v) is 9.18. The minimum atomic E-state index is -3.51. The molecule has 1 amide bonds. The summed E-state index contributed by atoms with van der Waals surface area (Å²) in [5.41, 5.74) is -1.44. The highest BCUT2D eigenvalue weighted by atomic mass is 32.2. The van der Waals surface area contributed by atoms with Gasteiger partial charge in [-0.2, -0.15) is 10.2 Å². The molecule has 3 aliphatic heterocycles. The molecule has 0 bridgehead atoms. The minimum absolute atomic E-state index is 0.0480. The lowest BCUT2D eigenvalue weighted by molar-refractivity contribution is -0.164. The Hall–Kier alpha value is -1.16. The maximum atomic E-state index is 12.6. The molecule has 0 saturated carbocycles. The normalized spacial score (nSPS) is 40.4. The number of amides is 1. The Morgan fingerprint density at radius 1 is 1.48 bits per heavy atom. The second kappa shape index (κ2) is 3.97. The molecule has 0 aliphatic carbocycles. The first-order valence-electron chi connectivity index (χ1n) is 6.34. The van der Waals surface area contributed by atoms with Crippen LogP contribution < -0.4 is 0 Å². The molecule has 21 heavy (non-hydrogen) atoms. The molecule has 0 aromatic rings. The SMILES string of the molecule is CC1(C)S[C@H]2N(C(=O)[C@]23N=NC[C@@H]3S(C)(=O)=O)[C@H]1C(=O)O. The predicted octanol–water partition coefficient (Wildman–Crippen LogP) is -0.249. The molecule has 0 aromatic carbocycles. The third-order valence-electron chi connectivity index (χ3n) is 4.28. The van der Waals surface area contributed by atoms with Crippen LogP contribution in [0.15, 0.2) is 10.2 Å². The second-order valence-electron chi connectivity index (χ2n) is 6.09.